The van der Waals surface area contributed by atoms with Gasteiger partial charge in [-0.05, 0) is 29.8 Å². The van der Waals surface area contributed by atoms with Crippen LogP contribution in [-0.2, 0) is 6.42 Å². The van der Waals surface area contributed by atoms with Gasteiger partial charge < -0.3 is 10.0 Å². The van der Waals surface area contributed by atoms with E-state index in [-0.39, 0.29) is 23.4 Å². The van der Waals surface area contributed by atoms with Crippen LogP contribution in [0.3, 0.4) is 0 Å². The van der Waals surface area contributed by atoms with Crippen LogP contribution in [0.5, 0.6) is 5.88 Å². The Morgan fingerprint density at radius 1 is 1.12 bits per heavy atom. The van der Waals surface area contributed by atoms with Gasteiger partial charge in [-0.2, -0.15) is 4.52 Å². The highest BCUT2D eigenvalue weighted by molar-refractivity contribution is 7.17. The molecule has 0 bridgehead atoms. The van der Waals surface area contributed by atoms with E-state index in [1.54, 1.807) is 24.3 Å². The van der Waals surface area contributed by atoms with Crippen LogP contribution in [0.1, 0.15) is 29.2 Å². The smallest absolute Gasteiger partial charge is 0.269 e. The molecular weight excluding hydrogens is 459 g/mol. The molecule has 1 aliphatic heterocycles. The second kappa shape index (κ2) is 8.99. The first kappa shape index (κ1) is 22.2. The molecule has 0 radical (unpaired) electrons. The van der Waals surface area contributed by atoms with Gasteiger partial charge in [0.15, 0.2) is 5.82 Å². The van der Waals surface area contributed by atoms with Gasteiger partial charge in [0.05, 0.1) is 15.8 Å². The lowest BCUT2D eigenvalue weighted by molar-refractivity contribution is -0.384. The summed E-state index contributed by atoms with van der Waals surface area (Å²) in [4.78, 5) is 21.0. The molecule has 1 fully saturated rings. The predicted molar refractivity (Wildman–Crippen MR) is 127 cm³/mol. The van der Waals surface area contributed by atoms with Crippen molar-refractivity contribution in [3.05, 3.63) is 80.7 Å². The van der Waals surface area contributed by atoms with Crippen LogP contribution in [0.4, 0.5) is 15.8 Å². The van der Waals surface area contributed by atoms with Gasteiger partial charge in [0.25, 0.3) is 5.69 Å². The number of nitro groups is 1. The summed E-state index contributed by atoms with van der Waals surface area (Å²) in [5, 5.41) is 26.6. The normalized spacial score (nSPS) is 15.6. The number of halogens is 1. The zero-order chi connectivity index (χ0) is 23.8. The minimum Gasteiger partial charge on any atom is -0.492 e. The third-order valence-corrected chi connectivity index (χ3v) is 7.17. The summed E-state index contributed by atoms with van der Waals surface area (Å²) in [5.41, 5.74) is 1.82. The number of aromatic hydroxyl groups is 1. The van der Waals surface area contributed by atoms with Crippen LogP contribution in [0, 0.1) is 15.9 Å². The number of fused-ring (bicyclic) bond motifs is 1. The van der Waals surface area contributed by atoms with Gasteiger partial charge in [-0.1, -0.05) is 30.4 Å². The number of nitrogens with zero attached hydrogens (tertiary/aromatic N) is 6. The average Bonchev–Trinajstić information content (AvgIpc) is 3.39. The van der Waals surface area contributed by atoms with Crippen LogP contribution in [0.25, 0.3) is 4.96 Å². The second-order valence-corrected chi connectivity index (χ2v) is 9.13. The lowest BCUT2D eigenvalue weighted by Gasteiger charge is -2.40. The number of hydrogen-bond acceptors (Lipinski definition) is 8. The Morgan fingerprint density at radius 3 is 2.38 bits per heavy atom. The van der Waals surface area contributed by atoms with Crippen LogP contribution in [0.15, 0.2) is 48.5 Å². The van der Waals surface area contributed by atoms with E-state index in [1.807, 2.05) is 6.92 Å². The van der Waals surface area contributed by atoms with Crippen molar-refractivity contribution in [2.75, 3.05) is 31.1 Å². The predicted octanol–water partition coefficient (Wildman–Crippen LogP) is 4.02. The van der Waals surface area contributed by atoms with E-state index in [0.717, 1.165) is 24.3 Å². The van der Waals surface area contributed by atoms with E-state index < -0.39 is 4.92 Å². The molecular formula is C23H23FN6O3S. The van der Waals surface area contributed by atoms with E-state index >= 15 is 0 Å². The van der Waals surface area contributed by atoms with E-state index in [9.17, 15) is 19.6 Å². The number of rotatable bonds is 6. The number of aryl methyl sites for hydroxylation is 1. The number of nitro benzene ring substituents is 1. The Balaban J connectivity index is 1.47. The molecule has 0 unspecified atom stereocenters. The second-order valence-electron chi connectivity index (χ2n) is 8.12. The Hall–Kier alpha value is -3.57. The fraction of sp³-hybridized carbons (Fsp3) is 0.304. The number of benzene rings is 2. The molecule has 5 rings (SSSR count). The van der Waals surface area contributed by atoms with Crippen molar-refractivity contribution in [1.29, 1.82) is 0 Å². The van der Waals surface area contributed by atoms with Crippen molar-refractivity contribution < 1.29 is 14.4 Å². The molecule has 176 valence electrons. The summed E-state index contributed by atoms with van der Waals surface area (Å²) >= 11 is 1.37. The number of piperazine rings is 1. The summed E-state index contributed by atoms with van der Waals surface area (Å²) < 4.78 is 14.8. The SMILES string of the molecule is CCc1nc2sc([C@H](c3ccc([N+](=O)[O-])cc3)N3CCN(c4ccc(F)cc4)CC3)c(O)n2n1. The fourth-order valence-corrected chi connectivity index (χ4v) is 5.45. The molecule has 0 saturated carbocycles. The molecule has 34 heavy (non-hydrogen) atoms. The highest BCUT2D eigenvalue weighted by Gasteiger charge is 2.32. The van der Waals surface area contributed by atoms with Crippen LogP contribution < -0.4 is 4.90 Å². The van der Waals surface area contributed by atoms with E-state index in [4.69, 9.17) is 0 Å². The molecule has 4 aromatic rings. The third kappa shape index (κ3) is 4.08. The number of aromatic nitrogens is 3. The number of hydrogen-bond donors (Lipinski definition) is 1. The van der Waals surface area contributed by atoms with Crippen molar-refractivity contribution in [2.45, 2.75) is 19.4 Å². The van der Waals surface area contributed by atoms with E-state index in [0.29, 0.717) is 35.2 Å². The molecule has 11 heteroatoms. The highest BCUT2D eigenvalue weighted by Crippen LogP contribution is 2.40. The Kier molecular flexibility index (Phi) is 5.88. The monoisotopic (exact) mass is 482 g/mol. The van der Waals surface area contributed by atoms with Gasteiger partial charge in [-0.3, -0.25) is 15.0 Å². The zero-order valence-electron chi connectivity index (χ0n) is 18.5. The van der Waals surface area contributed by atoms with Crippen LogP contribution >= 0.6 is 11.3 Å². The van der Waals surface area contributed by atoms with Crippen molar-refractivity contribution in [3.63, 3.8) is 0 Å². The maximum atomic E-state index is 13.3. The Bertz CT molecular complexity index is 1310. The van der Waals surface area contributed by atoms with Gasteiger partial charge >= 0.3 is 0 Å². The van der Waals surface area contributed by atoms with Crippen molar-refractivity contribution in [3.8, 4) is 5.88 Å². The van der Waals surface area contributed by atoms with Crippen molar-refractivity contribution in [1.82, 2.24) is 19.5 Å². The topological polar surface area (TPSA) is 100 Å². The maximum Gasteiger partial charge on any atom is 0.269 e. The lowest BCUT2D eigenvalue weighted by atomic mass is 10.0. The van der Waals surface area contributed by atoms with Gasteiger partial charge in [0.1, 0.15) is 5.82 Å². The van der Waals surface area contributed by atoms with Crippen LogP contribution in [-0.4, -0.2) is 55.7 Å². The first-order valence-corrected chi connectivity index (χ1v) is 11.8. The average molecular weight is 483 g/mol. The lowest BCUT2D eigenvalue weighted by Crippen LogP contribution is -2.47. The largest absolute Gasteiger partial charge is 0.492 e. The highest BCUT2D eigenvalue weighted by atomic mass is 32.1. The first-order valence-electron chi connectivity index (χ1n) is 11.0. The minimum absolute atomic E-state index is 0.0167. The fourth-order valence-electron chi connectivity index (χ4n) is 4.32. The third-order valence-electron chi connectivity index (χ3n) is 6.10. The molecule has 0 amide bonds. The van der Waals surface area contributed by atoms with E-state index in [1.165, 1.54) is 40.1 Å². The molecule has 1 aliphatic rings. The number of non-ortho nitro benzene ring substituents is 1. The summed E-state index contributed by atoms with van der Waals surface area (Å²) in [6.07, 6.45) is 0.667. The minimum atomic E-state index is -0.423. The Morgan fingerprint density at radius 2 is 1.79 bits per heavy atom. The molecule has 1 saturated heterocycles. The number of anilines is 1. The number of thiazole rings is 1. The van der Waals surface area contributed by atoms with E-state index in [2.05, 4.69) is 19.9 Å². The Labute approximate surface area is 198 Å². The molecule has 3 heterocycles. The van der Waals surface area contributed by atoms with Gasteiger partial charge in [-0.25, -0.2) is 9.37 Å². The standard InChI is InChI=1S/C23H23FN6O3S/c1-2-19-25-23-29(26-19)22(31)21(34-23)20(15-3-7-18(8-4-15)30(32)33)28-13-11-27(12-14-28)17-9-5-16(24)6-10-17/h3-10,20,31H,2,11-14H2,1H3/t20-/m0/s1. The summed E-state index contributed by atoms with van der Waals surface area (Å²) in [7, 11) is 0. The molecule has 0 aliphatic carbocycles. The molecule has 2 aromatic carbocycles. The van der Waals surface area contributed by atoms with Gasteiger partial charge in [0, 0.05) is 50.4 Å². The first-order chi connectivity index (χ1) is 16.4. The molecule has 9 nitrogen and oxygen atoms in total. The maximum absolute atomic E-state index is 13.3. The summed E-state index contributed by atoms with van der Waals surface area (Å²) in [6.45, 7) is 4.77. The zero-order valence-corrected chi connectivity index (χ0v) is 19.3. The molecule has 0 spiro atoms. The molecule has 1 N–H and O–H groups in total. The van der Waals surface area contributed by atoms with Gasteiger partial charge in [-0.15, -0.1) is 5.10 Å². The quantitative estimate of drug-likeness (QED) is 0.327. The van der Waals surface area contributed by atoms with Crippen LogP contribution in [0.2, 0.25) is 0 Å². The summed E-state index contributed by atoms with van der Waals surface area (Å²) in [6, 6.07) is 12.6. The summed E-state index contributed by atoms with van der Waals surface area (Å²) in [5.74, 6) is 0.433. The molecule has 1 atom stereocenters. The van der Waals surface area contributed by atoms with Gasteiger partial charge in [0.2, 0.25) is 10.8 Å². The molecule has 2 aromatic heterocycles. The van der Waals surface area contributed by atoms with Crippen molar-refractivity contribution in [2.24, 2.45) is 0 Å². The van der Waals surface area contributed by atoms with Crippen molar-refractivity contribution >= 4 is 27.7 Å².